The molecule has 13 heteroatoms. The van der Waals surface area contributed by atoms with Crippen molar-refractivity contribution in [2.24, 2.45) is 0 Å². The Morgan fingerprint density at radius 1 is 1.06 bits per heavy atom. The summed E-state index contributed by atoms with van der Waals surface area (Å²) in [5.41, 5.74) is -0.420. The van der Waals surface area contributed by atoms with Crippen molar-refractivity contribution < 1.29 is 22.7 Å². The van der Waals surface area contributed by atoms with E-state index in [1.165, 1.54) is 6.07 Å². The molecule has 0 bridgehead atoms. The van der Waals surface area contributed by atoms with Gasteiger partial charge in [-0.25, -0.2) is 4.98 Å². The van der Waals surface area contributed by atoms with E-state index in [-0.39, 0.29) is 24.2 Å². The number of morpholine rings is 1. The van der Waals surface area contributed by atoms with Crippen molar-refractivity contribution in [3.05, 3.63) is 40.0 Å². The summed E-state index contributed by atoms with van der Waals surface area (Å²) >= 11 is 11.9. The molecule has 2 saturated heterocycles. The smallest absolute Gasteiger partial charge is 0.378 e. The zero-order valence-electron chi connectivity index (χ0n) is 18.1. The highest BCUT2D eigenvalue weighted by atomic mass is 35.5. The molecule has 0 radical (unpaired) electrons. The topological polar surface area (TPSA) is 73.8 Å². The number of benzene rings is 1. The lowest BCUT2D eigenvalue weighted by molar-refractivity contribution is -0.137. The first kappa shape index (κ1) is 24.8. The zero-order valence-corrected chi connectivity index (χ0v) is 19.6. The van der Waals surface area contributed by atoms with Crippen molar-refractivity contribution in [3.63, 3.8) is 0 Å². The predicted molar refractivity (Wildman–Crippen MR) is 123 cm³/mol. The number of piperazine rings is 1. The second kappa shape index (κ2) is 10.5. The SMILES string of the molecule is O=C(CN1CCN(c2nc(Nc3ccc(Cl)c(Cl)c3)ncc2C(F)(F)F)CC1)N1CCOCC1. The van der Waals surface area contributed by atoms with Gasteiger partial charge in [0.1, 0.15) is 11.4 Å². The summed E-state index contributed by atoms with van der Waals surface area (Å²) in [5.74, 6) is -0.196. The van der Waals surface area contributed by atoms with Gasteiger partial charge in [-0.1, -0.05) is 23.2 Å². The fraction of sp³-hybridized carbons (Fsp3) is 0.476. The molecule has 2 fully saturated rings. The van der Waals surface area contributed by atoms with Crippen molar-refractivity contribution in [1.82, 2.24) is 19.8 Å². The Labute approximate surface area is 204 Å². The van der Waals surface area contributed by atoms with Crippen LogP contribution >= 0.6 is 23.2 Å². The van der Waals surface area contributed by atoms with Gasteiger partial charge < -0.3 is 19.9 Å². The maximum atomic E-state index is 13.7. The molecule has 2 aliphatic rings. The maximum Gasteiger partial charge on any atom is 0.421 e. The number of aromatic nitrogens is 2. The summed E-state index contributed by atoms with van der Waals surface area (Å²) in [6.45, 7) is 3.85. The molecule has 184 valence electrons. The van der Waals surface area contributed by atoms with Crippen LogP contribution < -0.4 is 10.2 Å². The van der Waals surface area contributed by atoms with Crippen molar-refractivity contribution >= 4 is 46.6 Å². The third-order valence-corrected chi connectivity index (χ3v) is 6.38. The molecule has 0 aliphatic carbocycles. The highest BCUT2D eigenvalue weighted by Crippen LogP contribution is 2.36. The highest BCUT2D eigenvalue weighted by molar-refractivity contribution is 6.42. The minimum atomic E-state index is -4.61. The second-order valence-electron chi connectivity index (χ2n) is 7.94. The van der Waals surface area contributed by atoms with Crippen molar-refractivity contribution in [3.8, 4) is 0 Å². The molecule has 1 aromatic heterocycles. The Hall–Kier alpha value is -2.34. The number of hydrogen-bond acceptors (Lipinski definition) is 7. The van der Waals surface area contributed by atoms with Gasteiger partial charge in [-0.2, -0.15) is 18.2 Å². The van der Waals surface area contributed by atoms with Crippen LogP contribution in [-0.2, 0) is 15.7 Å². The molecule has 34 heavy (non-hydrogen) atoms. The molecular weight excluding hydrogens is 496 g/mol. The normalized spacial score (nSPS) is 17.7. The molecule has 0 unspecified atom stereocenters. The maximum absolute atomic E-state index is 13.7. The summed E-state index contributed by atoms with van der Waals surface area (Å²) in [7, 11) is 0. The third kappa shape index (κ3) is 6.01. The van der Waals surface area contributed by atoms with E-state index < -0.39 is 11.7 Å². The van der Waals surface area contributed by atoms with Crippen molar-refractivity contribution in [2.45, 2.75) is 6.18 Å². The van der Waals surface area contributed by atoms with E-state index in [0.717, 1.165) is 6.20 Å². The average Bonchev–Trinajstić information content (AvgIpc) is 2.82. The Morgan fingerprint density at radius 2 is 1.76 bits per heavy atom. The summed E-state index contributed by atoms with van der Waals surface area (Å²) in [6.07, 6.45) is -3.84. The van der Waals surface area contributed by atoms with Gasteiger partial charge in [0.05, 0.1) is 29.8 Å². The van der Waals surface area contributed by atoms with E-state index in [1.54, 1.807) is 21.9 Å². The van der Waals surface area contributed by atoms with Crippen LogP contribution in [-0.4, -0.2) is 84.7 Å². The monoisotopic (exact) mass is 518 g/mol. The van der Waals surface area contributed by atoms with Gasteiger partial charge >= 0.3 is 6.18 Å². The molecule has 1 N–H and O–H groups in total. The van der Waals surface area contributed by atoms with E-state index in [9.17, 15) is 18.0 Å². The number of amides is 1. The van der Waals surface area contributed by atoms with Gasteiger partial charge in [-0.3, -0.25) is 9.69 Å². The number of nitrogens with one attached hydrogen (secondary N) is 1. The summed E-state index contributed by atoms with van der Waals surface area (Å²) in [6, 6.07) is 4.72. The van der Waals surface area contributed by atoms with Crippen LogP contribution in [0.25, 0.3) is 0 Å². The summed E-state index contributed by atoms with van der Waals surface area (Å²) < 4.78 is 46.3. The minimum Gasteiger partial charge on any atom is -0.378 e. The Morgan fingerprint density at radius 3 is 2.41 bits per heavy atom. The molecule has 1 aromatic carbocycles. The van der Waals surface area contributed by atoms with Crippen LogP contribution in [0.3, 0.4) is 0 Å². The molecule has 0 atom stereocenters. The van der Waals surface area contributed by atoms with Crippen LogP contribution in [0, 0.1) is 0 Å². The van der Waals surface area contributed by atoms with Gasteiger partial charge in [0.15, 0.2) is 0 Å². The number of ether oxygens (including phenoxy) is 1. The molecule has 2 aromatic rings. The van der Waals surface area contributed by atoms with E-state index in [0.29, 0.717) is 68.2 Å². The first-order valence-electron chi connectivity index (χ1n) is 10.7. The van der Waals surface area contributed by atoms with Gasteiger partial charge in [0, 0.05) is 51.2 Å². The number of alkyl halides is 3. The largest absolute Gasteiger partial charge is 0.421 e. The van der Waals surface area contributed by atoms with Crippen LogP contribution in [0.15, 0.2) is 24.4 Å². The number of nitrogens with zero attached hydrogens (tertiary/aromatic N) is 5. The van der Waals surface area contributed by atoms with Gasteiger partial charge in [-0.05, 0) is 18.2 Å². The lowest BCUT2D eigenvalue weighted by Gasteiger charge is -2.37. The molecular formula is C21H23Cl2F3N6O2. The average molecular weight is 519 g/mol. The zero-order chi connectivity index (χ0) is 24.3. The number of carbonyl (C=O) groups is 1. The molecule has 1 amide bonds. The second-order valence-corrected chi connectivity index (χ2v) is 8.75. The number of anilines is 3. The predicted octanol–water partition coefficient (Wildman–Crippen LogP) is 3.53. The summed E-state index contributed by atoms with van der Waals surface area (Å²) in [4.78, 5) is 25.8. The molecule has 8 nitrogen and oxygen atoms in total. The summed E-state index contributed by atoms with van der Waals surface area (Å²) in [5, 5.41) is 3.52. The molecule has 4 rings (SSSR count). The molecule has 2 aliphatic heterocycles. The molecule has 0 saturated carbocycles. The fourth-order valence-electron chi connectivity index (χ4n) is 3.80. The first-order valence-corrected chi connectivity index (χ1v) is 11.5. The van der Waals surface area contributed by atoms with Crippen molar-refractivity contribution in [2.75, 3.05) is 69.2 Å². The highest BCUT2D eigenvalue weighted by Gasteiger charge is 2.37. The Kier molecular flexibility index (Phi) is 7.66. The molecule has 0 spiro atoms. The van der Waals surface area contributed by atoms with Crippen LogP contribution in [0.2, 0.25) is 10.0 Å². The number of rotatable bonds is 5. The van der Waals surface area contributed by atoms with Gasteiger partial charge in [-0.15, -0.1) is 0 Å². The van der Waals surface area contributed by atoms with Gasteiger partial charge in [0.25, 0.3) is 0 Å². The quantitative estimate of drug-likeness (QED) is 0.648. The van der Waals surface area contributed by atoms with Crippen LogP contribution in [0.4, 0.5) is 30.6 Å². The Bertz CT molecular complexity index is 1030. The minimum absolute atomic E-state index is 0.00267. The number of halogens is 5. The van der Waals surface area contributed by atoms with Crippen molar-refractivity contribution in [1.29, 1.82) is 0 Å². The van der Waals surface area contributed by atoms with E-state index in [4.69, 9.17) is 27.9 Å². The van der Waals surface area contributed by atoms with Crippen LogP contribution in [0.5, 0.6) is 0 Å². The van der Waals surface area contributed by atoms with Crippen LogP contribution in [0.1, 0.15) is 5.56 Å². The Balaban J connectivity index is 1.45. The first-order chi connectivity index (χ1) is 16.2. The van der Waals surface area contributed by atoms with E-state index >= 15 is 0 Å². The third-order valence-electron chi connectivity index (χ3n) is 5.64. The fourth-order valence-corrected chi connectivity index (χ4v) is 4.10. The lowest BCUT2D eigenvalue weighted by Crippen LogP contribution is -2.52. The van der Waals surface area contributed by atoms with E-state index in [2.05, 4.69) is 15.3 Å². The van der Waals surface area contributed by atoms with E-state index in [1.807, 2.05) is 4.90 Å². The number of hydrogen-bond donors (Lipinski definition) is 1. The standard InChI is InChI=1S/C21H23Cl2F3N6O2/c22-16-2-1-14(11-17(16)23)28-20-27-12-15(21(24,25)26)19(29-20)32-5-3-30(4-6-32)13-18(33)31-7-9-34-10-8-31/h1-2,11-12H,3-10,13H2,(H,27,28,29). The lowest BCUT2D eigenvalue weighted by atomic mass is 10.2. The number of carbonyl (C=O) groups excluding carboxylic acids is 1. The molecule has 3 heterocycles. The van der Waals surface area contributed by atoms with Gasteiger partial charge in [0.2, 0.25) is 11.9 Å².